The number of aromatic nitrogens is 1. The van der Waals surface area contributed by atoms with Crippen LogP contribution in [0.25, 0.3) is 10.9 Å². The van der Waals surface area contributed by atoms with Gasteiger partial charge in [-0.3, -0.25) is 4.98 Å². The van der Waals surface area contributed by atoms with Gasteiger partial charge in [0.1, 0.15) is 0 Å². The second-order valence-electron chi connectivity index (χ2n) is 4.98. The largest absolute Gasteiger partial charge is 0.387 e. The van der Waals surface area contributed by atoms with Crippen LogP contribution in [0, 0.1) is 16.7 Å². The molecular weight excluding hydrogens is 224 g/mol. The van der Waals surface area contributed by atoms with E-state index in [9.17, 15) is 10.4 Å². The summed E-state index contributed by atoms with van der Waals surface area (Å²) in [6, 6.07) is 11.9. The predicted molar refractivity (Wildman–Crippen MR) is 68.6 cm³/mol. The van der Waals surface area contributed by atoms with Crippen LogP contribution in [-0.2, 0) is 0 Å². The van der Waals surface area contributed by atoms with E-state index >= 15 is 0 Å². The topological polar surface area (TPSA) is 56.9 Å². The zero-order valence-electron chi connectivity index (χ0n) is 10.0. The smallest absolute Gasteiger partial charge is 0.0976 e. The molecule has 1 unspecified atom stereocenters. The lowest BCUT2D eigenvalue weighted by atomic mass is 9.64. The maximum Gasteiger partial charge on any atom is 0.0976 e. The van der Waals surface area contributed by atoms with Gasteiger partial charge in [-0.05, 0) is 36.6 Å². The first-order valence-electron chi connectivity index (χ1n) is 6.19. The fourth-order valence-electron chi connectivity index (χ4n) is 2.59. The maximum atomic E-state index is 10.4. The Morgan fingerprint density at radius 2 is 2.17 bits per heavy atom. The van der Waals surface area contributed by atoms with Crippen molar-refractivity contribution in [3.63, 3.8) is 0 Å². The summed E-state index contributed by atoms with van der Waals surface area (Å²) in [4.78, 5) is 4.25. The molecule has 0 radical (unpaired) electrons. The van der Waals surface area contributed by atoms with Crippen LogP contribution in [0.1, 0.15) is 30.9 Å². The molecule has 1 aromatic carbocycles. The standard InChI is InChI=1S/C15H14N2O/c16-10-15(6-2-7-15)14(18)12-4-5-13-11(9-12)3-1-8-17-13/h1,3-5,8-9,14,18H,2,6-7H2. The summed E-state index contributed by atoms with van der Waals surface area (Å²) < 4.78 is 0. The summed E-state index contributed by atoms with van der Waals surface area (Å²) in [6.45, 7) is 0. The number of benzene rings is 1. The number of nitriles is 1. The molecule has 90 valence electrons. The van der Waals surface area contributed by atoms with Gasteiger partial charge in [-0.2, -0.15) is 5.26 Å². The number of hydrogen-bond donors (Lipinski definition) is 1. The minimum Gasteiger partial charge on any atom is -0.387 e. The summed E-state index contributed by atoms with van der Waals surface area (Å²) in [5, 5.41) is 20.7. The molecule has 0 aliphatic heterocycles. The molecule has 0 bridgehead atoms. The molecular formula is C15H14N2O. The monoisotopic (exact) mass is 238 g/mol. The van der Waals surface area contributed by atoms with Crippen LogP contribution in [0.2, 0.25) is 0 Å². The quantitative estimate of drug-likeness (QED) is 0.875. The molecule has 0 spiro atoms. The molecule has 3 heteroatoms. The van der Waals surface area contributed by atoms with Crippen molar-refractivity contribution in [2.24, 2.45) is 5.41 Å². The van der Waals surface area contributed by atoms with Crippen LogP contribution in [0.3, 0.4) is 0 Å². The van der Waals surface area contributed by atoms with Crippen molar-refractivity contribution in [3.8, 4) is 6.07 Å². The number of aliphatic hydroxyl groups excluding tert-OH is 1. The van der Waals surface area contributed by atoms with E-state index < -0.39 is 11.5 Å². The molecule has 3 nitrogen and oxygen atoms in total. The van der Waals surface area contributed by atoms with Crippen molar-refractivity contribution in [2.75, 3.05) is 0 Å². The van der Waals surface area contributed by atoms with Crippen LogP contribution in [0.15, 0.2) is 36.5 Å². The molecule has 0 amide bonds. The Morgan fingerprint density at radius 1 is 1.33 bits per heavy atom. The fraction of sp³-hybridized carbons (Fsp3) is 0.333. The summed E-state index contributed by atoms with van der Waals surface area (Å²) in [5.41, 5.74) is 1.15. The van der Waals surface area contributed by atoms with Crippen molar-refractivity contribution >= 4 is 10.9 Å². The van der Waals surface area contributed by atoms with E-state index in [1.54, 1.807) is 6.20 Å². The van der Waals surface area contributed by atoms with Gasteiger partial charge in [0, 0.05) is 11.6 Å². The number of pyridine rings is 1. The van der Waals surface area contributed by atoms with E-state index in [-0.39, 0.29) is 0 Å². The Bertz CT molecular complexity index is 626. The van der Waals surface area contributed by atoms with Crippen molar-refractivity contribution in [1.82, 2.24) is 4.98 Å². The molecule has 1 N–H and O–H groups in total. The van der Waals surface area contributed by atoms with Crippen molar-refractivity contribution in [3.05, 3.63) is 42.1 Å². The average Bonchev–Trinajstić information content (AvgIpc) is 2.37. The normalized spacial score (nSPS) is 18.9. The molecule has 1 aliphatic carbocycles. The first kappa shape index (κ1) is 11.2. The van der Waals surface area contributed by atoms with E-state index in [2.05, 4.69) is 11.1 Å². The summed E-state index contributed by atoms with van der Waals surface area (Å²) in [7, 11) is 0. The number of hydrogen-bond acceptors (Lipinski definition) is 3. The van der Waals surface area contributed by atoms with Crippen molar-refractivity contribution < 1.29 is 5.11 Å². The molecule has 1 aliphatic rings. The number of aliphatic hydroxyl groups is 1. The van der Waals surface area contributed by atoms with Gasteiger partial charge >= 0.3 is 0 Å². The zero-order chi connectivity index (χ0) is 12.6. The van der Waals surface area contributed by atoms with Gasteiger partial charge in [-0.1, -0.05) is 18.6 Å². The third-order valence-electron chi connectivity index (χ3n) is 3.93. The summed E-state index contributed by atoms with van der Waals surface area (Å²) >= 11 is 0. The predicted octanol–water partition coefficient (Wildman–Crippen LogP) is 2.96. The van der Waals surface area contributed by atoms with E-state index in [1.807, 2.05) is 30.3 Å². The van der Waals surface area contributed by atoms with Gasteiger partial charge in [0.25, 0.3) is 0 Å². The van der Waals surface area contributed by atoms with Crippen LogP contribution in [0.5, 0.6) is 0 Å². The van der Waals surface area contributed by atoms with E-state index in [0.29, 0.717) is 0 Å². The Balaban J connectivity index is 2.02. The van der Waals surface area contributed by atoms with Crippen molar-refractivity contribution in [2.45, 2.75) is 25.4 Å². The SMILES string of the molecule is N#CC1(C(O)c2ccc3ncccc3c2)CCC1. The molecule has 1 atom stereocenters. The van der Waals surface area contributed by atoms with Gasteiger partial charge in [0.05, 0.1) is 23.1 Å². The Morgan fingerprint density at radius 3 is 2.83 bits per heavy atom. The third kappa shape index (κ3) is 1.58. The number of rotatable bonds is 2. The van der Waals surface area contributed by atoms with Crippen LogP contribution < -0.4 is 0 Å². The Kier molecular flexibility index (Phi) is 2.53. The van der Waals surface area contributed by atoms with Gasteiger partial charge in [-0.25, -0.2) is 0 Å². The second-order valence-corrected chi connectivity index (χ2v) is 4.98. The van der Waals surface area contributed by atoms with Crippen LogP contribution in [0.4, 0.5) is 0 Å². The highest BCUT2D eigenvalue weighted by atomic mass is 16.3. The van der Waals surface area contributed by atoms with Gasteiger partial charge in [0.15, 0.2) is 0 Å². The first-order valence-corrected chi connectivity index (χ1v) is 6.19. The van der Waals surface area contributed by atoms with Gasteiger partial charge in [0.2, 0.25) is 0 Å². The molecule has 1 aromatic heterocycles. The van der Waals surface area contributed by atoms with E-state index in [0.717, 1.165) is 35.7 Å². The molecule has 0 saturated heterocycles. The third-order valence-corrected chi connectivity index (χ3v) is 3.93. The van der Waals surface area contributed by atoms with Crippen LogP contribution >= 0.6 is 0 Å². The minimum absolute atomic E-state index is 0.574. The summed E-state index contributed by atoms with van der Waals surface area (Å²) in [5.74, 6) is 0. The zero-order valence-corrected chi connectivity index (χ0v) is 10.0. The van der Waals surface area contributed by atoms with Crippen LogP contribution in [-0.4, -0.2) is 10.1 Å². The molecule has 2 aromatic rings. The van der Waals surface area contributed by atoms with E-state index in [1.165, 1.54) is 0 Å². The second kappa shape index (κ2) is 4.08. The highest BCUT2D eigenvalue weighted by Gasteiger charge is 2.44. The average molecular weight is 238 g/mol. The molecule has 1 saturated carbocycles. The summed E-state index contributed by atoms with van der Waals surface area (Å²) in [6.07, 6.45) is 3.66. The fourth-order valence-corrected chi connectivity index (χ4v) is 2.59. The molecule has 1 heterocycles. The van der Waals surface area contributed by atoms with E-state index in [4.69, 9.17) is 0 Å². The molecule has 18 heavy (non-hydrogen) atoms. The number of fused-ring (bicyclic) bond motifs is 1. The highest BCUT2D eigenvalue weighted by molar-refractivity contribution is 5.79. The molecule has 1 fully saturated rings. The lowest BCUT2D eigenvalue weighted by molar-refractivity contribution is 0.00804. The molecule has 3 rings (SSSR count). The van der Waals surface area contributed by atoms with Gasteiger partial charge < -0.3 is 5.11 Å². The number of nitrogens with zero attached hydrogens (tertiary/aromatic N) is 2. The Hall–Kier alpha value is -1.92. The maximum absolute atomic E-state index is 10.4. The van der Waals surface area contributed by atoms with Gasteiger partial charge in [-0.15, -0.1) is 0 Å². The highest BCUT2D eigenvalue weighted by Crippen LogP contribution is 2.49. The first-order chi connectivity index (χ1) is 8.75. The minimum atomic E-state index is -0.694. The lowest BCUT2D eigenvalue weighted by Crippen LogP contribution is -2.34. The van der Waals surface area contributed by atoms with Crippen molar-refractivity contribution in [1.29, 1.82) is 5.26 Å². The lowest BCUT2D eigenvalue weighted by Gasteiger charge is -2.39. The Labute approximate surface area is 106 Å².